The Morgan fingerprint density at radius 3 is 2.56 bits per heavy atom. The van der Waals surface area contributed by atoms with Crippen LogP contribution in [0.1, 0.15) is 6.92 Å². The topological polar surface area (TPSA) is 65.4 Å². The highest BCUT2D eigenvalue weighted by Crippen LogP contribution is 2.15. The van der Waals surface area contributed by atoms with Crippen molar-refractivity contribution in [2.75, 3.05) is 42.9 Å². The van der Waals surface area contributed by atoms with Crippen molar-refractivity contribution in [2.45, 2.75) is 13.0 Å². The highest BCUT2D eigenvalue weighted by molar-refractivity contribution is 5.89. The lowest BCUT2D eigenvalue weighted by molar-refractivity contribution is 0.224. The molecule has 3 rings (SSSR count). The third-order valence-corrected chi connectivity index (χ3v) is 4.37. The normalized spacial score (nSPS) is 16.5. The minimum Gasteiger partial charge on any atom is -0.369 e. The van der Waals surface area contributed by atoms with Gasteiger partial charge in [0.15, 0.2) is 0 Å². The minimum atomic E-state index is -0.191. The van der Waals surface area contributed by atoms with Crippen LogP contribution in [0.25, 0.3) is 0 Å². The van der Waals surface area contributed by atoms with Crippen molar-refractivity contribution in [2.24, 2.45) is 7.05 Å². The van der Waals surface area contributed by atoms with E-state index in [2.05, 4.69) is 49.8 Å². The summed E-state index contributed by atoms with van der Waals surface area (Å²) >= 11 is 0. The number of urea groups is 1. The van der Waals surface area contributed by atoms with Crippen molar-refractivity contribution in [3.63, 3.8) is 0 Å². The van der Waals surface area contributed by atoms with Gasteiger partial charge in [-0.3, -0.25) is 9.58 Å². The van der Waals surface area contributed by atoms with E-state index < -0.39 is 0 Å². The SMILES string of the molecule is C[C@H](CN1CCN(c2ccccc2)CC1)NC(=O)Nc1cnn(C)c1. The second kappa shape index (κ2) is 8.02. The van der Waals surface area contributed by atoms with Crippen LogP contribution in [0.4, 0.5) is 16.2 Å². The summed E-state index contributed by atoms with van der Waals surface area (Å²) in [6, 6.07) is 10.4. The van der Waals surface area contributed by atoms with Crippen LogP contribution in [0.3, 0.4) is 0 Å². The van der Waals surface area contributed by atoms with Crippen LogP contribution in [0.2, 0.25) is 0 Å². The van der Waals surface area contributed by atoms with Gasteiger partial charge in [-0.15, -0.1) is 0 Å². The van der Waals surface area contributed by atoms with E-state index in [-0.39, 0.29) is 12.1 Å². The van der Waals surface area contributed by atoms with Crippen LogP contribution in [0.15, 0.2) is 42.7 Å². The first-order valence-corrected chi connectivity index (χ1v) is 8.68. The molecular weight excluding hydrogens is 316 g/mol. The van der Waals surface area contributed by atoms with Gasteiger partial charge in [0.25, 0.3) is 0 Å². The van der Waals surface area contributed by atoms with Gasteiger partial charge >= 0.3 is 6.03 Å². The standard InChI is InChI=1S/C18H26N6O/c1-15(20-18(25)21-16-12-19-22(2)14-16)13-23-8-10-24(11-9-23)17-6-4-3-5-7-17/h3-7,12,14-15H,8-11,13H2,1-2H3,(H2,20,21,25)/t15-/m1/s1. The number of nitrogens with zero attached hydrogens (tertiary/aromatic N) is 4. The maximum Gasteiger partial charge on any atom is 0.319 e. The Labute approximate surface area is 148 Å². The second-order valence-electron chi connectivity index (χ2n) is 6.53. The van der Waals surface area contributed by atoms with Gasteiger partial charge in [-0.2, -0.15) is 5.10 Å². The molecule has 1 aliphatic heterocycles. The van der Waals surface area contributed by atoms with Crippen molar-refractivity contribution in [1.82, 2.24) is 20.0 Å². The molecule has 2 N–H and O–H groups in total. The van der Waals surface area contributed by atoms with Gasteiger partial charge in [0, 0.05) is 57.7 Å². The van der Waals surface area contributed by atoms with Crippen LogP contribution in [-0.4, -0.2) is 59.5 Å². The number of carbonyl (C=O) groups is 1. The van der Waals surface area contributed by atoms with Gasteiger partial charge in [0.1, 0.15) is 0 Å². The van der Waals surface area contributed by atoms with E-state index in [1.54, 1.807) is 17.1 Å². The number of para-hydroxylation sites is 1. The number of carbonyl (C=O) groups excluding carboxylic acids is 1. The number of benzene rings is 1. The highest BCUT2D eigenvalue weighted by atomic mass is 16.2. The Morgan fingerprint density at radius 1 is 1.20 bits per heavy atom. The molecule has 2 aromatic rings. The number of hydrogen-bond acceptors (Lipinski definition) is 4. The fourth-order valence-electron chi connectivity index (χ4n) is 3.14. The summed E-state index contributed by atoms with van der Waals surface area (Å²) in [4.78, 5) is 16.8. The Balaban J connectivity index is 1.40. The molecule has 0 unspecified atom stereocenters. The van der Waals surface area contributed by atoms with E-state index in [9.17, 15) is 4.79 Å². The first-order chi connectivity index (χ1) is 12.1. The molecule has 1 aromatic carbocycles. The van der Waals surface area contributed by atoms with Gasteiger partial charge in [-0.05, 0) is 19.1 Å². The molecule has 0 bridgehead atoms. The molecule has 134 valence electrons. The van der Waals surface area contributed by atoms with Crippen LogP contribution in [0, 0.1) is 0 Å². The van der Waals surface area contributed by atoms with Crippen LogP contribution >= 0.6 is 0 Å². The lowest BCUT2D eigenvalue weighted by atomic mass is 10.2. The fraction of sp³-hybridized carbons (Fsp3) is 0.444. The van der Waals surface area contributed by atoms with E-state index in [0.29, 0.717) is 5.69 Å². The summed E-state index contributed by atoms with van der Waals surface area (Å²) in [7, 11) is 1.82. The van der Waals surface area contributed by atoms with E-state index >= 15 is 0 Å². The minimum absolute atomic E-state index is 0.0833. The third-order valence-electron chi connectivity index (χ3n) is 4.37. The van der Waals surface area contributed by atoms with Crippen LogP contribution in [0.5, 0.6) is 0 Å². The third kappa shape index (κ3) is 4.96. The van der Waals surface area contributed by atoms with Gasteiger partial charge in [0.05, 0.1) is 11.9 Å². The number of piperazine rings is 1. The lowest BCUT2D eigenvalue weighted by Gasteiger charge is -2.37. The molecular formula is C18H26N6O. The van der Waals surface area contributed by atoms with Gasteiger partial charge in [-0.25, -0.2) is 4.79 Å². The maximum atomic E-state index is 12.0. The summed E-state index contributed by atoms with van der Waals surface area (Å²) in [5, 5.41) is 9.82. The van der Waals surface area contributed by atoms with Crippen LogP contribution in [-0.2, 0) is 7.05 Å². The zero-order chi connectivity index (χ0) is 17.6. The van der Waals surface area contributed by atoms with Crippen LogP contribution < -0.4 is 15.5 Å². The molecule has 7 heteroatoms. The van der Waals surface area contributed by atoms with Gasteiger partial charge < -0.3 is 15.5 Å². The average Bonchev–Trinajstić information content (AvgIpc) is 3.01. The number of nitrogens with one attached hydrogen (secondary N) is 2. The Morgan fingerprint density at radius 2 is 1.92 bits per heavy atom. The molecule has 25 heavy (non-hydrogen) atoms. The molecule has 1 atom stereocenters. The largest absolute Gasteiger partial charge is 0.369 e. The number of amides is 2. The molecule has 0 saturated carbocycles. The fourth-order valence-corrected chi connectivity index (χ4v) is 3.14. The number of aromatic nitrogens is 2. The Hall–Kier alpha value is -2.54. The van der Waals surface area contributed by atoms with Crippen molar-refractivity contribution >= 4 is 17.4 Å². The summed E-state index contributed by atoms with van der Waals surface area (Å²) in [6.45, 7) is 6.92. The zero-order valence-corrected chi connectivity index (χ0v) is 14.9. The monoisotopic (exact) mass is 342 g/mol. The number of aryl methyl sites for hydroxylation is 1. The average molecular weight is 342 g/mol. The Bertz CT molecular complexity index is 678. The number of anilines is 2. The molecule has 0 radical (unpaired) electrons. The lowest BCUT2D eigenvalue weighted by Crippen LogP contribution is -2.51. The van der Waals surface area contributed by atoms with Gasteiger partial charge in [0.2, 0.25) is 0 Å². The maximum absolute atomic E-state index is 12.0. The van der Waals surface area contributed by atoms with E-state index in [0.717, 1.165) is 32.7 Å². The quantitative estimate of drug-likeness (QED) is 0.869. The molecule has 1 aromatic heterocycles. The molecule has 2 heterocycles. The first kappa shape index (κ1) is 17.3. The summed E-state index contributed by atoms with van der Waals surface area (Å²) in [6.07, 6.45) is 3.40. The second-order valence-corrected chi connectivity index (χ2v) is 6.53. The van der Waals surface area contributed by atoms with Crippen molar-refractivity contribution in [3.05, 3.63) is 42.7 Å². The summed E-state index contributed by atoms with van der Waals surface area (Å²) in [5.41, 5.74) is 1.98. The van der Waals surface area contributed by atoms with Crippen molar-refractivity contribution in [1.29, 1.82) is 0 Å². The van der Waals surface area contributed by atoms with Crippen molar-refractivity contribution < 1.29 is 4.79 Å². The summed E-state index contributed by atoms with van der Waals surface area (Å²) < 4.78 is 1.66. The molecule has 0 aliphatic carbocycles. The molecule has 1 saturated heterocycles. The zero-order valence-electron chi connectivity index (χ0n) is 14.9. The Kier molecular flexibility index (Phi) is 5.55. The first-order valence-electron chi connectivity index (χ1n) is 8.68. The summed E-state index contributed by atoms with van der Waals surface area (Å²) in [5.74, 6) is 0. The number of rotatable bonds is 5. The molecule has 0 spiro atoms. The number of hydrogen-bond donors (Lipinski definition) is 2. The van der Waals surface area contributed by atoms with E-state index in [1.165, 1.54) is 5.69 Å². The molecule has 1 aliphatic rings. The van der Waals surface area contributed by atoms with Crippen molar-refractivity contribution in [3.8, 4) is 0 Å². The van der Waals surface area contributed by atoms with E-state index in [4.69, 9.17) is 0 Å². The molecule has 2 amide bonds. The van der Waals surface area contributed by atoms with E-state index in [1.807, 2.05) is 20.0 Å². The smallest absolute Gasteiger partial charge is 0.319 e. The highest BCUT2D eigenvalue weighted by Gasteiger charge is 2.19. The molecule has 7 nitrogen and oxygen atoms in total. The molecule has 1 fully saturated rings. The van der Waals surface area contributed by atoms with Gasteiger partial charge in [-0.1, -0.05) is 18.2 Å². The predicted molar refractivity (Wildman–Crippen MR) is 99.9 cm³/mol. The predicted octanol–water partition coefficient (Wildman–Crippen LogP) is 1.75.